The van der Waals surface area contributed by atoms with E-state index in [1.807, 2.05) is 0 Å². The average molecular weight is 593 g/mol. The minimum absolute atomic E-state index is 0.0347. The normalized spacial score (nSPS) is 33.4. The van der Waals surface area contributed by atoms with Crippen molar-refractivity contribution in [2.75, 3.05) is 6.54 Å². The number of halogens is 5. The maximum Gasteiger partial charge on any atom is 0.470 e. The topological polar surface area (TPSA) is 104 Å². The molecule has 7 nitrogen and oxygen atoms in total. The summed E-state index contributed by atoms with van der Waals surface area (Å²) >= 11 is 0. The van der Waals surface area contributed by atoms with E-state index in [1.54, 1.807) is 0 Å². The number of β-amino-alcohol motifs (C(OH)–C–C–N with tert-alkyl or cyclic N) is 1. The van der Waals surface area contributed by atoms with E-state index in [0.717, 1.165) is 31.4 Å². The van der Waals surface area contributed by atoms with E-state index in [9.17, 15) is 32.3 Å². The molecule has 41 heavy (non-hydrogen) atoms. The van der Waals surface area contributed by atoms with Crippen molar-refractivity contribution < 1.29 is 36.7 Å². The van der Waals surface area contributed by atoms with Gasteiger partial charge >= 0.3 is 12.1 Å². The maximum absolute atomic E-state index is 14.2. The molecule has 6 unspecified atom stereocenters. The minimum Gasteiger partial charge on any atom is -0.417 e. The largest absolute Gasteiger partial charge is 0.470 e. The molecule has 0 aliphatic heterocycles. The lowest BCUT2D eigenvalue weighted by Gasteiger charge is -2.50. The molecule has 0 spiro atoms. The molecule has 3 aliphatic rings. The van der Waals surface area contributed by atoms with E-state index in [4.69, 9.17) is 4.42 Å². The SMILES string of the molecule is CC(C)(C)C1CCCC(C2(NCC(O)C(CC3CC(F)CC(F)C3)c3nnc(C(F)(F)F)o3)CCC(=NO)CC2)C1. The third-order valence-electron chi connectivity index (χ3n) is 9.95. The van der Waals surface area contributed by atoms with Crippen LogP contribution in [0.15, 0.2) is 9.57 Å². The van der Waals surface area contributed by atoms with Crippen molar-refractivity contribution in [3.63, 3.8) is 0 Å². The number of aliphatic hydroxyl groups is 1. The van der Waals surface area contributed by atoms with E-state index in [-0.39, 0.29) is 49.1 Å². The number of hydrogen-bond acceptors (Lipinski definition) is 7. The Morgan fingerprint density at radius 3 is 2.24 bits per heavy atom. The van der Waals surface area contributed by atoms with Crippen molar-refractivity contribution >= 4 is 5.71 Å². The van der Waals surface area contributed by atoms with Crippen LogP contribution in [0.1, 0.15) is 116 Å². The number of oxime groups is 1. The van der Waals surface area contributed by atoms with Gasteiger partial charge in [-0.05, 0) is 87.4 Å². The van der Waals surface area contributed by atoms with Crippen LogP contribution in [0.5, 0.6) is 0 Å². The summed E-state index contributed by atoms with van der Waals surface area (Å²) in [6, 6.07) is 0. The summed E-state index contributed by atoms with van der Waals surface area (Å²) in [6.07, 6.45) is -1.88. The van der Waals surface area contributed by atoms with Crippen molar-refractivity contribution in [2.45, 2.75) is 134 Å². The van der Waals surface area contributed by atoms with Gasteiger partial charge < -0.3 is 20.0 Å². The lowest BCUT2D eigenvalue weighted by atomic mass is 9.61. The van der Waals surface area contributed by atoms with Crippen molar-refractivity contribution in [3.05, 3.63) is 11.8 Å². The molecule has 3 aliphatic carbocycles. The second-order valence-corrected chi connectivity index (χ2v) is 13.8. The van der Waals surface area contributed by atoms with Gasteiger partial charge in [0.15, 0.2) is 0 Å². The van der Waals surface area contributed by atoms with Crippen LogP contribution in [0.3, 0.4) is 0 Å². The van der Waals surface area contributed by atoms with Crippen molar-refractivity contribution in [3.8, 4) is 0 Å². The quantitative estimate of drug-likeness (QED) is 0.171. The number of nitrogens with zero attached hydrogens (tertiary/aromatic N) is 3. The van der Waals surface area contributed by atoms with Gasteiger partial charge in [0.25, 0.3) is 0 Å². The third-order valence-corrected chi connectivity index (χ3v) is 9.95. The number of rotatable bonds is 8. The van der Waals surface area contributed by atoms with E-state index in [0.29, 0.717) is 37.5 Å². The van der Waals surface area contributed by atoms with Gasteiger partial charge in [-0.2, -0.15) is 13.2 Å². The van der Waals surface area contributed by atoms with Crippen LogP contribution in [0.4, 0.5) is 22.0 Å². The average Bonchev–Trinajstić information content (AvgIpc) is 3.41. The zero-order chi connectivity index (χ0) is 30.0. The highest BCUT2D eigenvalue weighted by molar-refractivity contribution is 5.84. The molecule has 3 fully saturated rings. The molecule has 234 valence electrons. The molecule has 0 saturated heterocycles. The van der Waals surface area contributed by atoms with E-state index >= 15 is 0 Å². The van der Waals surface area contributed by atoms with E-state index < -0.39 is 42.4 Å². The minimum atomic E-state index is -4.85. The van der Waals surface area contributed by atoms with Gasteiger partial charge in [0, 0.05) is 18.5 Å². The van der Waals surface area contributed by atoms with Gasteiger partial charge in [-0.25, -0.2) is 8.78 Å². The first-order valence-electron chi connectivity index (χ1n) is 15.0. The molecule has 3 saturated carbocycles. The molecule has 12 heteroatoms. The van der Waals surface area contributed by atoms with E-state index in [1.165, 1.54) is 0 Å². The summed E-state index contributed by atoms with van der Waals surface area (Å²) in [7, 11) is 0. The Hall–Kier alpha value is -1.82. The van der Waals surface area contributed by atoms with Crippen molar-refractivity contribution in [2.24, 2.45) is 28.3 Å². The Labute approximate surface area is 238 Å². The fourth-order valence-corrected chi connectivity index (χ4v) is 7.50. The molecule has 0 amide bonds. The first kappa shape index (κ1) is 32.1. The molecule has 0 radical (unpaired) electrons. The molecule has 1 aromatic rings. The molecular formula is C29H45F5N4O3. The van der Waals surface area contributed by atoms with Crippen LogP contribution in [0, 0.1) is 23.2 Å². The summed E-state index contributed by atoms with van der Waals surface area (Å²) in [6.45, 7) is 6.80. The number of nitrogens with one attached hydrogen (secondary N) is 1. The zero-order valence-corrected chi connectivity index (χ0v) is 24.3. The summed E-state index contributed by atoms with van der Waals surface area (Å²) in [4.78, 5) is 0. The molecule has 0 aromatic carbocycles. The molecule has 1 aromatic heterocycles. The predicted molar refractivity (Wildman–Crippen MR) is 143 cm³/mol. The monoisotopic (exact) mass is 592 g/mol. The summed E-state index contributed by atoms with van der Waals surface area (Å²) in [5, 5.41) is 34.6. The summed E-state index contributed by atoms with van der Waals surface area (Å²) in [5.41, 5.74) is 0.524. The first-order chi connectivity index (χ1) is 19.2. The molecule has 3 N–H and O–H groups in total. The van der Waals surface area contributed by atoms with Crippen LogP contribution in [-0.2, 0) is 6.18 Å². The van der Waals surface area contributed by atoms with Crippen molar-refractivity contribution in [1.29, 1.82) is 0 Å². The number of alkyl halides is 5. The number of hydrogen-bond donors (Lipinski definition) is 3. The van der Waals surface area contributed by atoms with Crippen LogP contribution < -0.4 is 5.32 Å². The standard InChI is InChI=1S/C29H45F5N4O3/c1-27(2,3)18-5-4-6-19(14-18)28(9-7-22(38-40)8-10-28)35-16-24(39)23(13-17-11-20(30)15-21(31)12-17)25-36-37-26(41-25)29(32,33)34/h17-21,23-24,35,39-40H,4-16H2,1-3H3. The van der Waals surface area contributed by atoms with Crippen LogP contribution in [-0.4, -0.2) is 56.8 Å². The van der Waals surface area contributed by atoms with Gasteiger partial charge in [-0.1, -0.05) is 32.3 Å². The highest BCUT2D eigenvalue weighted by Crippen LogP contribution is 2.47. The highest BCUT2D eigenvalue weighted by Gasteiger charge is 2.46. The predicted octanol–water partition coefficient (Wildman–Crippen LogP) is 6.98. The molecule has 0 bridgehead atoms. The Balaban J connectivity index is 1.55. The Morgan fingerprint density at radius 2 is 1.68 bits per heavy atom. The third kappa shape index (κ3) is 7.97. The lowest BCUT2D eigenvalue weighted by molar-refractivity contribution is -0.157. The first-order valence-corrected chi connectivity index (χ1v) is 15.0. The fourth-order valence-electron chi connectivity index (χ4n) is 7.50. The zero-order valence-electron chi connectivity index (χ0n) is 24.3. The molecular weight excluding hydrogens is 547 g/mol. The fraction of sp³-hybridized carbons (Fsp3) is 0.897. The number of aromatic nitrogens is 2. The Kier molecular flexibility index (Phi) is 10.0. The summed E-state index contributed by atoms with van der Waals surface area (Å²) < 4.78 is 73.1. The summed E-state index contributed by atoms with van der Waals surface area (Å²) in [5.74, 6) is -2.54. The molecule has 1 heterocycles. The molecule has 4 rings (SSSR count). The maximum atomic E-state index is 14.2. The van der Waals surface area contributed by atoms with Gasteiger partial charge in [0.2, 0.25) is 5.89 Å². The second kappa shape index (κ2) is 12.8. The van der Waals surface area contributed by atoms with Gasteiger partial charge in [-0.15, -0.1) is 10.2 Å². The molecule has 6 atom stereocenters. The van der Waals surface area contributed by atoms with Gasteiger partial charge in [0.1, 0.15) is 12.3 Å². The Bertz CT molecular complexity index is 1010. The van der Waals surface area contributed by atoms with Gasteiger partial charge in [-0.3, -0.25) is 0 Å². The number of aliphatic hydroxyl groups excluding tert-OH is 1. The van der Waals surface area contributed by atoms with Crippen molar-refractivity contribution in [1.82, 2.24) is 15.5 Å². The Morgan fingerprint density at radius 1 is 1.02 bits per heavy atom. The van der Waals surface area contributed by atoms with Crippen LogP contribution in [0.25, 0.3) is 0 Å². The smallest absolute Gasteiger partial charge is 0.417 e. The van der Waals surface area contributed by atoms with E-state index in [2.05, 4.69) is 41.4 Å². The van der Waals surface area contributed by atoms with Crippen LogP contribution in [0.2, 0.25) is 0 Å². The lowest BCUT2D eigenvalue weighted by Crippen LogP contribution is -2.57. The second-order valence-electron chi connectivity index (χ2n) is 13.8. The van der Waals surface area contributed by atoms with Crippen LogP contribution >= 0.6 is 0 Å². The highest BCUT2D eigenvalue weighted by atomic mass is 19.4. The van der Waals surface area contributed by atoms with Gasteiger partial charge in [0.05, 0.1) is 17.7 Å².